The first-order valence-corrected chi connectivity index (χ1v) is 12.0. The van der Waals surface area contributed by atoms with Crippen molar-refractivity contribution in [2.75, 3.05) is 13.9 Å². The minimum atomic E-state index is -0.00457. The fourth-order valence-corrected chi connectivity index (χ4v) is 4.08. The number of esters is 1. The molecule has 0 amide bonds. The lowest BCUT2D eigenvalue weighted by Crippen LogP contribution is -2.47. The van der Waals surface area contributed by atoms with Gasteiger partial charge in [0, 0.05) is 13.5 Å². The quantitative estimate of drug-likeness (QED) is 0.128. The first kappa shape index (κ1) is 25.4. The summed E-state index contributed by atoms with van der Waals surface area (Å²) in [5.41, 5.74) is 0. The molecule has 0 aliphatic carbocycles. The smallest absolute Gasteiger partial charge is 0.313 e. The fourth-order valence-electron chi connectivity index (χ4n) is 4.08. The van der Waals surface area contributed by atoms with Crippen LogP contribution in [0.5, 0.6) is 0 Å². The van der Waals surface area contributed by atoms with Crippen LogP contribution in [0.1, 0.15) is 117 Å². The molecule has 0 aromatic heterocycles. The van der Waals surface area contributed by atoms with Gasteiger partial charge in [-0.15, -0.1) is 0 Å². The van der Waals surface area contributed by atoms with E-state index in [-0.39, 0.29) is 24.1 Å². The van der Waals surface area contributed by atoms with Crippen LogP contribution >= 0.6 is 0 Å². The molecule has 4 heteroatoms. The Labute approximate surface area is 174 Å². The third-order valence-corrected chi connectivity index (χ3v) is 5.93. The van der Waals surface area contributed by atoms with Crippen LogP contribution in [0.15, 0.2) is 0 Å². The maximum Gasteiger partial charge on any atom is 0.313 e. The van der Waals surface area contributed by atoms with Gasteiger partial charge in [0.05, 0.1) is 12.0 Å². The Hall–Kier alpha value is -0.610. The van der Waals surface area contributed by atoms with E-state index in [2.05, 4.69) is 13.8 Å². The fraction of sp³-hybridized carbons (Fsp3) is 0.958. The molecule has 1 aliphatic rings. The largest absolute Gasteiger partial charge is 0.461 e. The van der Waals surface area contributed by atoms with E-state index in [1.54, 1.807) is 7.11 Å². The Morgan fingerprint density at radius 2 is 1.43 bits per heavy atom. The average Bonchev–Trinajstić information content (AvgIpc) is 2.69. The SMILES string of the molecule is CCCCCCCCCCC[C@@H](C[C@@H]1OC(=O)[C@H]1CCCCCC)OCOC. The van der Waals surface area contributed by atoms with Gasteiger partial charge in [0.2, 0.25) is 0 Å². The number of carbonyl (C=O) groups is 1. The molecule has 1 aliphatic heterocycles. The van der Waals surface area contributed by atoms with Crippen molar-refractivity contribution in [3.05, 3.63) is 0 Å². The number of rotatable bonds is 20. The average molecular weight is 399 g/mol. The molecule has 0 N–H and O–H groups in total. The Morgan fingerprint density at radius 3 is 2.00 bits per heavy atom. The molecule has 1 saturated heterocycles. The van der Waals surface area contributed by atoms with E-state index in [0.717, 1.165) is 25.7 Å². The van der Waals surface area contributed by atoms with Crippen molar-refractivity contribution in [3.63, 3.8) is 0 Å². The second kappa shape index (κ2) is 17.3. The van der Waals surface area contributed by atoms with Crippen LogP contribution in [-0.4, -0.2) is 32.1 Å². The Morgan fingerprint density at radius 1 is 0.857 bits per heavy atom. The third kappa shape index (κ3) is 11.4. The summed E-state index contributed by atoms with van der Waals surface area (Å²) in [6, 6.07) is 0. The second-order valence-electron chi connectivity index (χ2n) is 8.48. The van der Waals surface area contributed by atoms with Crippen molar-refractivity contribution in [3.8, 4) is 0 Å². The summed E-state index contributed by atoms with van der Waals surface area (Å²) in [5, 5.41) is 0. The summed E-state index contributed by atoms with van der Waals surface area (Å²) in [6.07, 6.45) is 19.8. The van der Waals surface area contributed by atoms with E-state index in [4.69, 9.17) is 14.2 Å². The molecule has 0 saturated carbocycles. The van der Waals surface area contributed by atoms with E-state index in [0.29, 0.717) is 6.79 Å². The third-order valence-electron chi connectivity index (χ3n) is 5.93. The van der Waals surface area contributed by atoms with Crippen molar-refractivity contribution in [2.45, 2.75) is 129 Å². The standard InChI is InChI=1S/C24H46O4/c1-4-6-8-10-11-12-13-14-15-17-21(27-20-26-3)19-23-22(24(25)28-23)18-16-9-7-5-2/h21-23H,4-20H2,1-3H3/t21-,22-,23-/m0/s1. The molecule has 0 aromatic carbocycles. The van der Waals surface area contributed by atoms with Gasteiger partial charge < -0.3 is 14.2 Å². The van der Waals surface area contributed by atoms with E-state index in [1.807, 2.05) is 0 Å². The monoisotopic (exact) mass is 398 g/mol. The molecule has 0 bridgehead atoms. The van der Waals surface area contributed by atoms with Crippen molar-refractivity contribution in [2.24, 2.45) is 5.92 Å². The molecule has 166 valence electrons. The molecule has 0 unspecified atom stereocenters. The number of ether oxygens (including phenoxy) is 3. The summed E-state index contributed by atoms with van der Waals surface area (Å²) in [5.74, 6) is 0.0867. The summed E-state index contributed by atoms with van der Waals surface area (Å²) in [6.45, 7) is 4.80. The van der Waals surface area contributed by atoms with Crippen LogP contribution in [0, 0.1) is 5.92 Å². The highest BCUT2D eigenvalue weighted by atomic mass is 16.7. The minimum Gasteiger partial charge on any atom is -0.461 e. The van der Waals surface area contributed by atoms with Gasteiger partial charge in [-0.3, -0.25) is 4.79 Å². The minimum absolute atomic E-state index is 0.00457. The highest BCUT2D eigenvalue weighted by Gasteiger charge is 2.42. The predicted octanol–water partition coefficient (Wildman–Crippen LogP) is 6.80. The first-order chi connectivity index (χ1) is 13.7. The van der Waals surface area contributed by atoms with Crippen LogP contribution in [0.2, 0.25) is 0 Å². The lowest BCUT2D eigenvalue weighted by molar-refractivity contribution is -0.191. The lowest BCUT2D eigenvalue weighted by atomic mass is 9.86. The molecule has 28 heavy (non-hydrogen) atoms. The first-order valence-electron chi connectivity index (χ1n) is 12.0. The normalized spacial score (nSPS) is 20.0. The van der Waals surface area contributed by atoms with Gasteiger partial charge in [-0.05, 0) is 12.8 Å². The predicted molar refractivity (Wildman–Crippen MR) is 115 cm³/mol. The zero-order chi connectivity index (χ0) is 20.5. The van der Waals surface area contributed by atoms with Gasteiger partial charge in [-0.1, -0.05) is 97.3 Å². The van der Waals surface area contributed by atoms with E-state index >= 15 is 0 Å². The van der Waals surface area contributed by atoms with Crippen molar-refractivity contribution < 1.29 is 19.0 Å². The van der Waals surface area contributed by atoms with Crippen LogP contribution in [0.3, 0.4) is 0 Å². The van der Waals surface area contributed by atoms with Crippen molar-refractivity contribution in [1.82, 2.24) is 0 Å². The molecular weight excluding hydrogens is 352 g/mol. The van der Waals surface area contributed by atoms with Gasteiger partial charge in [0.15, 0.2) is 0 Å². The number of unbranched alkanes of at least 4 members (excludes halogenated alkanes) is 11. The van der Waals surface area contributed by atoms with Crippen LogP contribution in [-0.2, 0) is 19.0 Å². The number of cyclic esters (lactones) is 1. The molecule has 1 heterocycles. The summed E-state index contributed by atoms with van der Waals surface area (Å²) < 4.78 is 16.4. The highest BCUT2D eigenvalue weighted by molar-refractivity contribution is 5.78. The van der Waals surface area contributed by atoms with Gasteiger partial charge in [-0.25, -0.2) is 0 Å². The van der Waals surface area contributed by atoms with Gasteiger partial charge in [-0.2, -0.15) is 0 Å². The van der Waals surface area contributed by atoms with Crippen molar-refractivity contribution in [1.29, 1.82) is 0 Å². The molecule has 0 spiro atoms. The molecule has 3 atom stereocenters. The molecule has 1 rings (SSSR count). The van der Waals surface area contributed by atoms with Crippen LogP contribution in [0.4, 0.5) is 0 Å². The Kier molecular flexibility index (Phi) is 15.7. The molecule has 0 radical (unpaired) electrons. The second-order valence-corrected chi connectivity index (χ2v) is 8.48. The zero-order valence-electron chi connectivity index (χ0n) is 18.9. The molecule has 1 fully saturated rings. The topological polar surface area (TPSA) is 44.8 Å². The Balaban J connectivity index is 2.19. The van der Waals surface area contributed by atoms with E-state index in [1.165, 1.54) is 77.0 Å². The van der Waals surface area contributed by atoms with Crippen molar-refractivity contribution >= 4 is 5.97 Å². The molecule has 0 aromatic rings. The van der Waals surface area contributed by atoms with Gasteiger partial charge in [0.1, 0.15) is 12.9 Å². The van der Waals surface area contributed by atoms with E-state index < -0.39 is 0 Å². The van der Waals surface area contributed by atoms with Gasteiger partial charge in [0.25, 0.3) is 0 Å². The maximum absolute atomic E-state index is 11.8. The zero-order valence-corrected chi connectivity index (χ0v) is 18.9. The Bertz CT molecular complexity index is 372. The lowest BCUT2D eigenvalue weighted by Gasteiger charge is -2.37. The molecular formula is C24H46O4. The number of hydrogen-bond acceptors (Lipinski definition) is 4. The van der Waals surface area contributed by atoms with Gasteiger partial charge >= 0.3 is 5.97 Å². The summed E-state index contributed by atoms with van der Waals surface area (Å²) in [4.78, 5) is 11.8. The highest BCUT2D eigenvalue weighted by Crippen LogP contribution is 2.32. The number of hydrogen-bond donors (Lipinski definition) is 0. The number of methoxy groups -OCH3 is 1. The molecule has 4 nitrogen and oxygen atoms in total. The summed E-state index contributed by atoms with van der Waals surface area (Å²) in [7, 11) is 1.66. The number of carbonyl (C=O) groups excluding carboxylic acids is 1. The van der Waals surface area contributed by atoms with Crippen LogP contribution in [0.25, 0.3) is 0 Å². The van der Waals surface area contributed by atoms with Crippen LogP contribution < -0.4 is 0 Å². The van der Waals surface area contributed by atoms with E-state index in [9.17, 15) is 4.79 Å². The maximum atomic E-state index is 11.8. The summed E-state index contributed by atoms with van der Waals surface area (Å²) >= 11 is 0.